The summed E-state index contributed by atoms with van der Waals surface area (Å²) in [4.78, 5) is 0. The molecule has 2 aliphatic heterocycles. The fraction of sp³-hybridized carbons (Fsp3) is 0.500. The van der Waals surface area contributed by atoms with Crippen LogP contribution >= 0.6 is 0 Å². The molecule has 0 aromatic carbocycles. The molecule has 1 saturated heterocycles. The van der Waals surface area contributed by atoms with E-state index in [0.717, 1.165) is 0 Å². The SMILES string of the molecule is C1=CN1.C1CN1. The molecule has 0 atom stereocenters. The zero-order chi connectivity index (χ0) is 4.24. The van der Waals surface area contributed by atoms with Crippen LogP contribution in [0.25, 0.3) is 0 Å². The Kier molecular flexibility index (Phi) is 1.12. The van der Waals surface area contributed by atoms with Gasteiger partial charge in [-0.15, -0.1) is 0 Å². The van der Waals surface area contributed by atoms with Crippen molar-refractivity contribution in [3.05, 3.63) is 12.4 Å². The molecule has 0 spiro atoms. The van der Waals surface area contributed by atoms with E-state index in [1.54, 1.807) is 0 Å². The van der Waals surface area contributed by atoms with Crippen LogP contribution in [0.5, 0.6) is 0 Å². The zero-order valence-electron chi connectivity index (χ0n) is 3.57. The van der Waals surface area contributed by atoms with E-state index in [-0.39, 0.29) is 0 Å². The van der Waals surface area contributed by atoms with Gasteiger partial charge < -0.3 is 10.6 Å². The molecule has 0 unspecified atom stereocenters. The van der Waals surface area contributed by atoms with E-state index >= 15 is 0 Å². The van der Waals surface area contributed by atoms with Gasteiger partial charge in [0.2, 0.25) is 0 Å². The minimum atomic E-state index is 1.25. The van der Waals surface area contributed by atoms with E-state index in [1.165, 1.54) is 13.1 Å². The first kappa shape index (κ1) is 3.68. The maximum atomic E-state index is 3.00. The largest absolute Gasteiger partial charge is 0.365 e. The van der Waals surface area contributed by atoms with Crippen molar-refractivity contribution in [3.63, 3.8) is 0 Å². The molecule has 2 N–H and O–H groups in total. The predicted octanol–water partition coefficient (Wildman–Crippen LogP) is -0.350. The minimum absolute atomic E-state index is 1.25. The maximum Gasteiger partial charge on any atom is 0.0167 e. The summed E-state index contributed by atoms with van der Waals surface area (Å²) in [6, 6.07) is 0. The van der Waals surface area contributed by atoms with Crippen LogP contribution in [-0.4, -0.2) is 13.1 Å². The highest BCUT2D eigenvalue weighted by Crippen LogP contribution is 1.69. The van der Waals surface area contributed by atoms with Gasteiger partial charge >= 0.3 is 0 Å². The molecule has 2 rings (SSSR count). The minimum Gasteiger partial charge on any atom is -0.365 e. The Morgan fingerprint density at radius 2 is 1.50 bits per heavy atom. The van der Waals surface area contributed by atoms with Crippen molar-refractivity contribution in [2.24, 2.45) is 0 Å². The van der Waals surface area contributed by atoms with Crippen molar-refractivity contribution in [2.75, 3.05) is 13.1 Å². The maximum absolute atomic E-state index is 3.00. The summed E-state index contributed by atoms with van der Waals surface area (Å²) in [5.41, 5.74) is 0. The van der Waals surface area contributed by atoms with Crippen LogP contribution in [0.3, 0.4) is 0 Å². The fourth-order valence-corrected chi connectivity index (χ4v) is 0. The zero-order valence-corrected chi connectivity index (χ0v) is 3.57. The standard InChI is InChI=1S/C2H5N.C2H3N/c2*1-2-3-1/h3H,1-2H2;1-3H. The molecule has 0 bridgehead atoms. The van der Waals surface area contributed by atoms with Gasteiger partial charge in [-0.2, -0.15) is 0 Å². The first-order chi connectivity index (χ1) is 3.00. The molecule has 34 valence electrons. The van der Waals surface area contributed by atoms with Crippen molar-refractivity contribution in [1.82, 2.24) is 10.6 Å². The van der Waals surface area contributed by atoms with E-state index in [0.29, 0.717) is 0 Å². The number of nitrogens with one attached hydrogen (secondary N) is 2. The van der Waals surface area contributed by atoms with Gasteiger partial charge in [-0.1, -0.05) is 0 Å². The number of hydrogen-bond acceptors (Lipinski definition) is 2. The lowest BCUT2D eigenvalue weighted by molar-refractivity contribution is 1.34. The molecule has 1 fully saturated rings. The smallest absolute Gasteiger partial charge is 0.0167 e. The van der Waals surface area contributed by atoms with Gasteiger partial charge in [-0.05, 0) is 0 Å². The Morgan fingerprint density at radius 1 is 1.17 bits per heavy atom. The van der Waals surface area contributed by atoms with Gasteiger partial charge in [-0.25, -0.2) is 0 Å². The van der Waals surface area contributed by atoms with Gasteiger partial charge in [0, 0.05) is 25.5 Å². The van der Waals surface area contributed by atoms with Gasteiger partial charge in [0.15, 0.2) is 0 Å². The third-order valence-corrected chi connectivity index (χ3v) is 0.417. The predicted molar refractivity (Wildman–Crippen MR) is 25.1 cm³/mol. The van der Waals surface area contributed by atoms with Crippen LogP contribution in [0.2, 0.25) is 0 Å². The lowest BCUT2D eigenvalue weighted by Crippen LogP contribution is -1.56. The molecule has 0 saturated carbocycles. The van der Waals surface area contributed by atoms with E-state index < -0.39 is 0 Å². The van der Waals surface area contributed by atoms with Crippen molar-refractivity contribution < 1.29 is 0 Å². The third kappa shape index (κ3) is 9.72. The Morgan fingerprint density at radius 3 is 1.50 bits per heavy atom. The Bertz CT molecular complexity index is 49.8. The van der Waals surface area contributed by atoms with Crippen LogP contribution < -0.4 is 10.6 Å². The molecule has 6 heavy (non-hydrogen) atoms. The van der Waals surface area contributed by atoms with Crippen LogP contribution in [0.15, 0.2) is 12.4 Å². The van der Waals surface area contributed by atoms with Crippen molar-refractivity contribution >= 4 is 0 Å². The van der Waals surface area contributed by atoms with Gasteiger partial charge in [0.05, 0.1) is 0 Å². The van der Waals surface area contributed by atoms with Crippen LogP contribution in [0.1, 0.15) is 0 Å². The second kappa shape index (κ2) is 1.82. The highest BCUT2D eigenvalue weighted by Gasteiger charge is 1.91. The molecule has 2 heteroatoms. The molecule has 2 aliphatic rings. The summed E-state index contributed by atoms with van der Waals surface area (Å²) in [5.74, 6) is 0. The van der Waals surface area contributed by atoms with E-state index in [4.69, 9.17) is 0 Å². The van der Waals surface area contributed by atoms with Crippen LogP contribution in [0, 0.1) is 0 Å². The summed E-state index contributed by atoms with van der Waals surface area (Å²) in [7, 11) is 0. The van der Waals surface area contributed by atoms with Crippen molar-refractivity contribution in [1.29, 1.82) is 0 Å². The molecule has 0 aliphatic carbocycles. The molecule has 0 radical (unpaired) electrons. The Balaban J connectivity index is 0.0000000600. The summed E-state index contributed by atoms with van der Waals surface area (Å²) in [6.07, 6.45) is 3.75. The molecule has 0 aromatic heterocycles. The number of rotatable bonds is 0. The highest BCUT2D eigenvalue weighted by molar-refractivity contribution is 4.94. The topological polar surface area (TPSA) is 43.9 Å². The first-order valence-electron chi connectivity index (χ1n) is 2.12. The quantitative estimate of drug-likeness (QED) is 0.394. The van der Waals surface area contributed by atoms with Gasteiger partial charge in [-0.3, -0.25) is 0 Å². The first-order valence-corrected chi connectivity index (χ1v) is 2.12. The van der Waals surface area contributed by atoms with E-state index in [9.17, 15) is 0 Å². The van der Waals surface area contributed by atoms with Crippen LogP contribution in [-0.2, 0) is 0 Å². The Labute approximate surface area is 37.2 Å². The average Bonchev–Trinajstić information content (AvgIpc) is 2.31. The molecular formula is C4H8N2. The average molecular weight is 84.1 g/mol. The molecule has 0 aromatic rings. The summed E-state index contributed by atoms with van der Waals surface area (Å²) < 4.78 is 0. The number of hydrogen-bond donors (Lipinski definition) is 2. The Hall–Kier alpha value is -0.500. The van der Waals surface area contributed by atoms with E-state index in [2.05, 4.69) is 10.6 Å². The van der Waals surface area contributed by atoms with Gasteiger partial charge in [0.1, 0.15) is 0 Å². The second-order valence-electron chi connectivity index (χ2n) is 1.25. The highest BCUT2D eigenvalue weighted by atomic mass is 15.0. The molecule has 2 heterocycles. The van der Waals surface area contributed by atoms with Crippen LogP contribution in [0.4, 0.5) is 0 Å². The normalized spacial score (nSPS) is 20.0. The van der Waals surface area contributed by atoms with Crippen molar-refractivity contribution in [3.8, 4) is 0 Å². The lowest BCUT2D eigenvalue weighted by Gasteiger charge is -1.34. The van der Waals surface area contributed by atoms with E-state index in [1.807, 2.05) is 12.4 Å². The lowest BCUT2D eigenvalue weighted by atomic mass is 11.0. The summed E-state index contributed by atoms with van der Waals surface area (Å²) >= 11 is 0. The third-order valence-electron chi connectivity index (χ3n) is 0.417. The molecule has 0 amide bonds. The van der Waals surface area contributed by atoms with Gasteiger partial charge in [0.25, 0.3) is 0 Å². The second-order valence-corrected chi connectivity index (χ2v) is 1.25. The summed E-state index contributed by atoms with van der Waals surface area (Å²) in [5, 5.41) is 5.75. The summed E-state index contributed by atoms with van der Waals surface area (Å²) in [6.45, 7) is 2.50. The monoisotopic (exact) mass is 84.1 g/mol. The van der Waals surface area contributed by atoms with Crippen molar-refractivity contribution in [2.45, 2.75) is 0 Å². The molecule has 2 nitrogen and oxygen atoms in total. The fourth-order valence-electron chi connectivity index (χ4n) is 0. The molecular weight excluding hydrogens is 76.1 g/mol.